The first-order valence-corrected chi connectivity index (χ1v) is 6.20. The van der Waals surface area contributed by atoms with E-state index >= 15 is 0 Å². The number of benzene rings is 1. The molecule has 0 bridgehead atoms. The average Bonchev–Trinajstić information content (AvgIpc) is 2.76. The first kappa shape index (κ1) is 11.9. The molecule has 0 heteroatoms. The van der Waals surface area contributed by atoms with Gasteiger partial charge in [0.15, 0.2) is 0 Å². The SMILES string of the molecule is CC(C)(C)C1=CC(=CCc2ccccc2)C=C1. The molecule has 0 amide bonds. The van der Waals surface area contributed by atoms with Gasteiger partial charge in [0.1, 0.15) is 0 Å². The van der Waals surface area contributed by atoms with Crippen molar-refractivity contribution in [2.45, 2.75) is 27.2 Å². The van der Waals surface area contributed by atoms with Gasteiger partial charge in [-0.2, -0.15) is 0 Å². The molecule has 0 atom stereocenters. The summed E-state index contributed by atoms with van der Waals surface area (Å²) in [5, 5.41) is 0. The largest absolute Gasteiger partial charge is 0.0729 e. The van der Waals surface area contributed by atoms with E-state index in [1.54, 1.807) is 0 Å². The molecule has 0 aliphatic heterocycles. The van der Waals surface area contributed by atoms with E-state index in [1.165, 1.54) is 16.7 Å². The third kappa shape index (κ3) is 3.20. The van der Waals surface area contributed by atoms with Crippen molar-refractivity contribution in [1.82, 2.24) is 0 Å². The molecule has 0 N–H and O–H groups in total. The summed E-state index contributed by atoms with van der Waals surface area (Å²) in [6, 6.07) is 10.6. The topological polar surface area (TPSA) is 0 Å². The fourth-order valence-corrected chi connectivity index (χ4v) is 1.91. The highest BCUT2D eigenvalue weighted by molar-refractivity contribution is 5.48. The van der Waals surface area contributed by atoms with Crippen LogP contribution in [-0.2, 0) is 6.42 Å². The lowest BCUT2D eigenvalue weighted by atomic mass is 9.87. The van der Waals surface area contributed by atoms with Crippen molar-refractivity contribution in [2.24, 2.45) is 5.41 Å². The molecule has 0 heterocycles. The summed E-state index contributed by atoms with van der Waals surface area (Å²) in [7, 11) is 0. The Hall–Kier alpha value is -1.56. The van der Waals surface area contributed by atoms with Crippen LogP contribution in [0.1, 0.15) is 26.3 Å². The van der Waals surface area contributed by atoms with Crippen molar-refractivity contribution in [3.05, 3.63) is 71.3 Å². The second-order valence-corrected chi connectivity index (χ2v) is 5.58. The minimum Gasteiger partial charge on any atom is -0.0729 e. The Kier molecular flexibility index (Phi) is 3.33. The highest BCUT2D eigenvalue weighted by Crippen LogP contribution is 2.31. The maximum absolute atomic E-state index is 2.30. The monoisotopic (exact) mass is 224 g/mol. The number of rotatable bonds is 2. The molecule has 0 saturated carbocycles. The molecule has 0 saturated heterocycles. The van der Waals surface area contributed by atoms with Crippen molar-refractivity contribution >= 4 is 0 Å². The molecule has 1 aliphatic carbocycles. The van der Waals surface area contributed by atoms with Gasteiger partial charge in [-0.3, -0.25) is 0 Å². The fraction of sp³-hybridized carbons (Fsp3) is 0.294. The van der Waals surface area contributed by atoms with Crippen LogP contribution in [0.2, 0.25) is 0 Å². The van der Waals surface area contributed by atoms with E-state index in [2.05, 4.69) is 75.4 Å². The van der Waals surface area contributed by atoms with Crippen LogP contribution in [-0.4, -0.2) is 0 Å². The van der Waals surface area contributed by atoms with Gasteiger partial charge in [0.05, 0.1) is 0 Å². The van der Waals surface area contributed by atoms with Gasteiger partial charge in [0.25, 0.3) is 0 Å². The second-order valence-electron chi connectivity index (χ2n) is 5.58. The van der Waals surface area contributed by atoms with Crippen molar-refractivity contribution in [2.75, 3.05) is 0 Å². The molecular weight excluding hydrogens is 204 g/mol. The third-order valence-corrected chi connectivity index (χ3v) is 3.06. The molecule has 0 spiro atoms. The summed E-state index contributed by atoms with van der Waals surface area (Å²) in [6.07, 6.45) is 10.0. The summed E-state index contributed by atoms with van der Waals surface area (Å²) in [4.78, 5) is 0. The Bertz CT molecular complexity index is 465. The molecule has 1 aliphatic rings. The van der Waals surface area contributed by atoms with Crippen LogP contribution in [0.5, 0.6) is 0 Å². The van der Waals surface area contributed by atoms with E-state index < -0.39 is 0 Å². The van der Waals surface area contributed by atoms with Gasteiger partial charge in [-0.1, -0.05) is 75.4 Å². The minimum absolute atomic E-state index is 0.249. The lowest BCUT2D eigenvalue weighted by Gasteiger charge is -2.17. The molecule has 0 nitrogen and oxygen atoms in total. The minimum atomic E-state index is 0.249. The fourth-order valence-electron chi connectivity index (χ4n) is 1.91. The predicted molar refractivity (Wildman–Crippen MR) is 74.9 cm³/mol. The standard InChI is InChI=1S/C17H20/c1-17(2,3)16-12-11-15(13-16)10-9-14-7-5-4-6-8-14/h4-8,10-13H,9H2,1-3H3. The zero-order valence-electron chi connectivity index (χ0n) is 10.9. The average molecular weight is 224 g/mol. The quantitative estimate of drug-likeness (QED) is 0.683. The maximum Gasteiger partial charge on any atom is -0.00885 e. The van der Waals surface area contributed by atoms with E-state index in [-0.39, 0.29) is 5.41 Å². The normalized spacial score (nSPS) is 17.6. The smallest absolute Gasteiger partial charge is 0.00885 e. The van der Waals surface area contributed by atoms with E-state index in [1.807, 2.05) is 0 Å². The van der Waals surface area contributed by atoms with Gasteiger partial charge in [-0.05, 0) is 28.5 Å². The molecule has 0 aromatic heterocycles. The predicted octanol–water partition coefficient (Wildman–Crippen LogP) is 4.70. The molecule has 2 rings (SSSR count). The van der Waals surface area contributed by atoms with E-state index in [4.69, 9.17) is 0 Å². The van der Waals surface area contributed by atoms with E-state index in [0.29, 0.717) is 0 Å². The van der Waals surface area contributed by atoms with Crippen LogP contribution in [0, 0.1) is 5.41 Å². The molecule has 1 aromatic carbocycles. The van der Waals surface area contributed by atoms with Gasteiger partial charge in [0.2, 0.25) is 0 Å². The summed E-state index contributed by atoms with van der Waals surface area (Å²) in [5.41, 5.74) is 4.36. The second kappa shape index (κ2) is 4.75. The van der Waals surface area contributed by atoms with Crippen molar-refractivity contribution in [3.8, 4) is 0 Å². The number of allylic oxidation sites excluding steroid dienone is 6. The van der Waals surface area contributed by atoms with E-state index in [9.17, 15) is 0 Å². The maximum atomic E-state index is 2.30. The van der Waals surface area contributed by atoms with Crippen LogP contribution >= 0.6 is 0 Å². The summed E-state index contributed by atoms with van der Waals surface area (Å²) >= 11 is 0. The molecular formula is C17H20. The van der Waals surface area contributed by atoms with Gasteiger partial charge >= 0.3 is 0 Å². The summed E-state index contributed by atoms with van der Waals surface area (Å²) in [5.74, 6) is 0. The van der Waals surface area contributed by atoms with Gasteiger partial charge < -0.3 is 0 Å². The lowest BCUT2D eigenvalue weighted by Crippen LogP contribution is -2.05. The Balaban J connectivity index is 2.07. The summed E-state index contributed by atoms with van der Waals surface area (Å²) < 4.78 is 0. The lowest BCUT2D eigenvalue weighted by molar-refractivity contribution is 0.518. The van der Waals surface area contributed by atoms with Crippen LogP contribution in [0.3, 0.4) is 0 Å². The first-order valence-electron chi connectivity index (χ1n) is 6.20. The number of hydrogen-bond acceptors (Lipinski definition) is 0. The Morgan fingerprint density at radius 2 is 1.71 bits per heavy atom. The van der Waals surface area contributed by atoms with Gasteiger partial charge in [0, 0.05) is 0 Å². The third-order valence-electron chi connectivity index (χ3n) is 3.06. The highest BCUT2D eigenvalue weighted by atomic mass is 14.2. The molecule has 0 unspecified atom stereocenters. The Labute approximate surface area is 104 Å². The Morgan fingerprint density at radius 3 is 2.29 bits per heavy atom. The van der Waals surface area contributed by atoms with E-state index in [0.717, 1.165) is 6.42 Å². The molecule has 17 heavy (non-hydrogen) atoms. The molecule has 1 aromatic rings. The zero-order chi connectivity index (χ0) is 12.3. The Morgan fingerprint density at radius 1 is 1.00 bits per heavy atom. The highest BCUT2D eigenvalue weighted by Gasteiger charge is 2.17. The van der Waals surface area contributed by atoms with Crippen LogP contribution in [0.25, 0.3) is 0 Å². The first-order chi connectivity index (χ1) is 8.05. The van der Waals surface area contributed by atoms with Gasteiger partial charge in [-0.15, -0.1) is 0 Å². The molecule has 88 valence electrons. The van der Waals surface area contributed by atoms with Crippen LogP contribution < -0.4 is 0 Å². The zero-order valence-corrected chi connectivity index (χ0v) is 10.9. The van der Waals surface area contributed by atoms with Crippen LogP contribution in [0.4, 0.5) is 0 Å². The van der Waals surface area contributed by atoms with Gasteiger partial charge in [-0.25, -0.2) is 0 Å². The molecule has 0 radical (unpaired) electrons. The van der Waals surface area contributed by atoms with Crippen LogP contribution in [0.15, 0.2) is 65.8 Å². The summed E-state index contributed by atoms with van der Waals surface area (Å²) in [6.45, 7) is 6.76. The number of hydrogen-bond donors (Lipinski definition) is 0. The molecule has 0 fully saturated rings. The van der Waals surface area contributed by atoms with Crippen molar-refractivity contribution in [1.29, 1.82) is 0 Å². The van der Waals surface area contributed by atoms with Crippen molar-refractivity contribution in [3.63, 3.8) is 0 Å². The van der Waals surface area contributed by atoms with Crippen molar-refractivity contribution < 1.29 is 0 Å².